The van der Waals surface area contributed by atoms with Crippen molar-refractivity contribution in [2.75, 3.05) is 5.32 Å². The molecule has 0 unspecified atom stereocenters. The first-order valence-corrected chi connectivity index (χ1v) is 12.5. The van der Waals surface area contributed by atoms with Gasteiger partial charge in [-0.25, -0.2) is 23.5 Å². The van der Waals surface area contributed by atoms with E-state index < -0.39 is 21.7 Å². The van der Waals surface area contributed by atoms with E-state index in [2.05, 4.69) is 25.5 Å². The number of rotatable bonds is 7. The van der Waals surface area contributed by atoms with Crippen LogP contribution < -0.4 is 15.2 Å². The lowest BCUT2D eigenvalue weighted by molar-refractivity contribution is -0.181. The molecule has 2 saturated carbocycles. The van der Waals surface area contributed by atoms with Gasteiger partial charge >= 0.3 is 12.2 Å². The zero-order valence-corrected chi connectivity index (χ0v) is 19.1. The highest BCUT2D eigenvalue weighted by atomic mass is 32.2. The number of aromatic nitrogens is 5. The maximum Gasteiger partial charge on any atom is 0.412 e. The first-order chi connectivity index (χ1) is 16.5. The van der Waals surface area contributed by atoms with Crippen LogP contribution in [0.2, 0.25) is 0 Å². The normalized spacial score (nSPS) is 21.6. The van der Waals surface area contributed by atoms with E-state index in [-0.39, 0.29) is 35.8 Å². The molecule has 5 rings (SSSR count). The molecule has 3 N–H and O–H groups in total. The van der Waals surface area contributed by atoms with Crippen molar-refractivity contribution in [3.63, 3.8) is 0 Å². The molecule has 35 heavy (non-hydrogen) atoms. The first kappa shape index (κ1) is 23.5. The van der Waals surface area contributed by atoms with Crippen LogP contribution in [0.3, 0.4) is 0 Å². The van der Waals surface area contributed by atoms with Gasteiger partial charge in [-0.15, -0.1) is 5.10 Å². The van der Waals surface area contributed by atoms with Crippen molar-refractivity contribution in [1.82, 2.24) is 24.7 Å². The van der Waals surface area contributed by atoms with Gasteiger partial charge in [0.1, 0.15) is 18.0 Å². The fourth-order valence-electron chi connectivity index (χ4n) is 4.35. The van der Waals surface area contributed by atoms with Crippen LogP contribution in [-0.4, -0.2) is 45.4 Å². The van der Waals surface area contributed by atoms with Crippen molar-refractivity contribution in [2.24, 2.45) is 5.14 Å². The summed E-state index contributed by atoms with van der Waals surface area (Å²) in [6, 6.07) is 5.77. The van der Waals surface area contributed by atoms with E-state index >= 15 is 0 Å². The van der Waals surface area contributed by atoms with E-state index in [9.17, 15) is 21.6 Å². The van der Waals surface area contributed by atoms with E-state index in [1.54, 1.807) is 24.5 Å². The molecule has 2 atom stereocenters. The number of nitrogens with two attached hydrogens (primary N) is 1. The Labute approximate surface area is 198 Å². The minimum Gasteiger partial charge on any atom is -0.460 e. The molecule has 0 saturated heterocycles. The number of sulfonamides is 1. The fourth-order valence-corrected chi connectivity index (χ4v) is 4.86. The second kappa shape index (κ2) is 8.45. The van der Waals surface area contributed by atoms with Crippen LogP contribution in [0, 0.1) is 0 Å². The molecule has 2 aliphatic rings. The van der Waals surface area contributed by atoms with Crippen molar-refractivity contribution >= 4 is 21.7 Å². The molecule has 3 aromatic rings. The maximum absolute atomic E-state index is 13.5. The third kappa shape index (κ3) is 4.67. The van der Waals surface area contributed by atoms with Crippen molar-refractivity contribution in [2.45, 2.75) is 60.7 Å². The molecule has 10 nitrogen and oxygen atoms in total. The van der Waals surface area contributed by atoms with Crippen LogP contribution in [0.1, 0.15) is 43.6 Å². The van der Waals surface area contributed by atoms with Crippen LogP contribution in [0.5, 0.6) is 6.01 Å². The molecular weight excluding hydrogens is 487 g/mol. The number of alkyl halides is 3. The Balaban J connectivity index is 1.20. The smallest absolute Gasteiger partial charge is 0.412 e. The standard InChI is InChI=1S/C21H22F3N7O3S/c22-21(23,24)20(7-8-20)31-12-28-30-19(31)34-16-4-1-13(9-16)14-10-26-18(27-11-14)29-15-2-5-17(6-3-15)35(25,32)33/h2-3,5-6,10-13,16H,1,4,7-9H2,(H2,25,32,33)(H,26,27,29)/t13-,16+/m1/s1. The number of halogens is 3. The molecule has 2 aromatic heterocycles. The maximum atomic E-state index is 13.5. The van der Waals surface area contributed by atoms with E-state index in [1.165, 1.54) is 12.1 Å². The quantitative estimate of drug-likeness (QED) is 0.495. The van der Waals surface area contributed by atoms with Crippen molar-refractivity contribution < 1.29 is 26.3 Å². The summed E-state index contributed by atoms with van der Waals surface area (Å²) >= 11 is 0. The molecule has 0 amide bonds. The second-order valence-corrected chi connectivity index (χ2v) is 10.4. The Bertz CT molecular complexity index is 1310. The van der Waals surface area contributed by atoms with E-state index in [0.29, 0.717) is 24.5 Å². The highest BCUT2D eigenvalue weighted by Crippen LogP contribution is 2.56. The van der Waals surface area contributed by atoms with E-state index in [1.807, 2.05) is 0 Å². The number of hydrogen-bond acceptors (Lipinski definition) is 8. The third-order valence-corrected chi connectivity index (χ3v) is 7.40. The van der Waals surface area contributed by atoms with Gasteiger partial charge in [-0.2, -0.15) is 13.2 Å². The van der Waals surface area contributed by atoms with Gasteiger partial charge in [0, 0.05) is 18.1 Å². The number of nitrogens with one attached hydrogen (secondary N) is 1. The van der Waals surface area contributed by atoms with Crippen LogP contribution in [0.15, 0.2) is 47.9 Å². The number of ether oxygens (including phenoxy) is 1. The second-order valence-electron chi connectivity index (χ2n) is 8.80. The summed E-state index contributed by atoms with van der Waals surface area (Å²) in [5, 5.41) is 15.5. The summed E-state index contributed by atoms with van der Waals surface area (Å²) in [7, 11) is -3.77. The highest BCUT2D eigenvalue weighted by molar-refractivity contribution is 7.89. The van der Waals surface area contributed by atoms with Gasteiger partial charge < -0.3 is 10.1 Å². The Morgan fingerprint density at radius 2 is 1.80 bits per heavy atom. The van der Waals surface area contributed by atoms with Crippen LogP contribution >= 0.6 is 0 Å². The van der Waals surface area contributed by atoms with Gasteiger partial charge in [-0.3, -0.25) is 4.57 Å². The van der Waals surface area contributed by atoms with Gasteiger partial charge in [0.05, 0.1) is 4.90 Å². The summed E-state index contributed by atoms with van der Waals surface area (Å²) in [5.74, 6) is 0.426. The molecule has 2 heterocycles. The fraction of sp³-hybridized carbons (Fsp3) is 0.429. The number of hydrogen-bond donors (Lipinski definition) is 2. The lowest BCUT2D eigenvalue weighted by atomic mass is 10.0. The lowest BCUT2D eigenvalue weighted by Gasteiger charge is -2.23. The van der Waals surface area contributed by atoms with Gasteiger partial charge in [-0.05, 0) is 67.9 Å². The molecule has 0 radical (unpaired) electrons. The summed E-state index contributed by atoms with van der Waals surface area (Å²) in [4.78, 5) is 8.63. The number of nitrogens with zero attached hydrogens (tertiary/aromatic N) is 5. The van der Waals surface area contributed by atoms with Crippen LogP contribution in [0.25, 0.3) is 0 Å². The zero-order valence-electron chi connectivity index (χ0n) is 18.3. The predicted octanol–water partition coefficient (Wildman–Crippen LogP) is 3.23. The Morgan fingerprint density at radius 3 is 2.40 bits per heavy atom. The van der Waals surface area contributed by atoms with Gasteiger partial charge in [0.15, 0.2) is 0 Å². The molecule has 0 aliphatic heterocycles. The topological polar surface area (TPSA) is 138 Å². The van der Waals surface area contributed by atoms with Crippen LogP contribution in [-0.2, 0) is 15.6 Å². The largest absolute Gasteiger partial charge is 0.460 e. The third-order valence-electron chi connectivity index (χ3n) is 6.47. The monoisotopic (exact) mass is 509 g/mol. The van der Waals surface area contributed by atoms with Crippen molar-refractivity contribution in [3.05, 3.63) is 48.5 Å². The molecule has 2 fully saturated rings. The average Bonchev–Trinajstić information content (AvgIpc) is 3.28. The minimum absolute atomic E-state index is 0.00118. The predicted molar refractivity (Wildman–Crippen MR) is 117 cm³/mol. The highest BCUT2D eigenvalue weighted by Gasteiger charge is 2.66. The van der Waals surface area contributed by atoms with Crippen molar-refractivity contribution in [1.29, 1.82) is 0 Å². The molecule has 0 bridgehead atoms. The summed E-state index contributed by atoms with van der Waals surface area (Å²) in [5.41, 5.74) is -0.475. The Morgan fingerprint density at radius 1 is 1.11 bits per heavy atom. The van der Waals surface area contributed by atoms with Gasteiger partial charge in [0.2, 0.25) is 16.0 Å². The van der Waals surface area contributed by atoms with E-state index in [4.69, 9.17) is 9.88 Å². The molecule has 0 spiro atoms. The van der Waals surface area contributed by atoms with E-state index in [0.717, 1.165) is 22.9 Å². The number of primary sulfonamides is 1. The Hall–Kier alpha value is -3.26. The van der Waals surface area contributed by atoms with Gasteiger partial charge in [0.25, 0.3) is 0 Å². The SMILES string of the molecule is NS(=O)(=O)c1ccc(Nc2ncc([C@@H]3CC[C@H](Oc4nncn4C4(C(F)(F)F)CC4)C3)cn2)cc1. The van der Waals surface area contributed by atoms with Gasteiger partial charge in [-0.1, -0.05) is 5.10 Å². The number of benzene rings is 1. The molecule has 186 valence electrons. The summed E-state index contributed by atoms with van der Waals surface area (Å²) in [6.45, 7) is 0. The molecule has 14 heteroatoms. The van der Waals surface area contributed by atoms with Crippen LogP contribution in [0.4, 0.5) is 24.8 Å². The average molecular weight is 510 g/mol. The first-order valence-electron chi connectivity index (χ1n) is 10.9. The summed E-state index contributed by atoms with van der Waals surface area (Å²) < 4.78 is 70.0. The Kier molecular flexibility index (Phi) is 5.67. The molecule has 2 aliphatic carbocycles. The molecule has 1 aromatic carbocycles. The minimum atomic E-state index is -4.39. The molecular formula is C21H22F3N7O3S. The van der Waals surface area contributed by atoms with Crippen molar-refractivity contribution in [3.8, 4) is 6.01 Å². The lowest BCUT2D eigenvalue weighted by Crippen LogP contribution is -2.35. The summed E-state index contributed by atoms with van der Waals surface area (Å²) in [6.07, 6.45) is 1.80. The zero-order chi connectivity index (χ0) is 24.8. The number of anilines is 2.